The van der Waals surface area contributed by atoms with E-state index in [4.69, 9.17) is 0 Å². The molecule has 0 radical (unpaired) electrons. The van der Waals surface area contributed by atoms with E-state index in [9.17, 15) is 13.8 Å². The molecule has 6 aliphatic rings. The molecule has 12 unspecified atom stereocenters. The smallest absolute Gasteiger partial charge is 0.320 e. The lowest BCUT2D eigenvalue weighted by molar-refractivity contribution is -0.136. The van der Waals surface area contributed by atoms with Crippen molar-refractivity contribution in [1.29, 1.82) is 0 Å². The summed E-state index contributed by atoms with van der Waals surface area (Å²) < 4.78 is 46.7. The van der Waals surface area contributed by atoms with E-state index in [-0.39, 0.29) is 65.7 Å². The molecule has 6 rings (SSSR count). The van der Waals surface area contributed by atoms with Crippen LogP contribution in [-0.4, -0.2) is 129 Å². The van der Waals surface area contributed by atoms with Crippen molar-refractivity contribution < 1.29 is 22.6 Å². The molecular weight excluding hydrogens is 612 g/mol. The van der Waals surface area contributed by atoms with Crippen molar-refractivity contribution in [1.82, 2.24) is 36.0 Å². The predicted octanol–water partition coefficient (Wildman–Crippen LogP) is 2.09. The van der Waals surface area contributed by atoms with Crippen molar-refractivity contribution in [2.24, 2.45) is 17.8 Å². The number of piperazine rings is 1. The van der Waals surface area contributed by atoms with Gasteiger partial charge in [0.2, 0.25) is 5.91 Å². The molecule has 1 aliphatic carbocycles. The molecule has 5 saturated heterocycles. The van der Waals surface area contributed by atoms with Crippen molar-refractivity contribution >= 4 is 22.7 Å². The number of urea groups is 1. The SMILES string of the molecule is C=CC(=O)N1C[C@H](C)N(C2NC(=O)N3C4NC(C(F)CC42)C2C(F)CCCC2NCCCS(=O)C2CCNC(C(C)C)C23)C[C@H]1C. The minimum atomic E-state index is -1.30. The highest BCUT2D eigenvalue weighted by atomic mass is 32.2. The number of halogens is 2. The van der Waals surface area contributed by atoms with Gasteiger partial charge in [-0.2, -0.15) is 0 Å². The first-order valence-corrected chi connectivity index (χ1v) is 19.1. The largest absolute Gasteiger partial charge is 0.334 e. The van der Waals surface area contributed by atoms with Gasteiger partial charge in [-0.25, -0.2) is 13.6 Å². The third-order valence-corrected chi connectivity index (χ3v) is 13.8. The highest BCUT2D eigenvalue weighted by molar-refractivity contribution is 7.85. The Balaban J connectivity index is 1.41. The number of hydrogen-bond acceptors (Lipinski definition) is 7. The van der Waals surface area contributed by atoms with Gasteiger partial charge in [-0.05, 0) is 77.5 Å². The van der Waals surface area contributed by atoms with Gasteiger partial charge in [0.1, 0.15) is 12.3 Å². The van der Waals surface area contributed by atoms with E-state index < -0.39 is 47.4 Å². The molecule has 14 atom stereocenters. The second kappa shape index (κ2) is 14.1. The van der Waals surface area contributed by atoms with Crippen LogP contribution in [0.4, 0.5) is 13.6 Å². The summed E-state index contributed by atoms with van der Waals surface area (Å²) in [6, 6.07) is -1.88. The van der Waals surface area contributed by atoms with Crippen molar-refractivity contribution in [3.8, 4) is 0 Å². The Hall–Kier alpha value is -1.67. The van der Waals surface area contributed by atoms with Gasteiger partial charge in [-0.3, -0.25) is 19.2 Å². The van der Waals surface area contributed by atoms with Crippen LogP contribution in [0.5, 0.6) is 0 Å². The average Bonchev–Trinajstić information content (AvgIpc) is 3.03. The van der Waals surface area contributed by atoms with Gasteiger partial charge in [0.05, 0.1) is 23.6 Å². The number of alkyl halides is 2. The molecule has 13 heteroatoms. The summed E-state index contributed by atoms with van der Waals surface area (Å²) in [4.78, 5) is 33.0. The third-order valence-electron chi connectivity index (χ3n) is 11.9. The molecule has 5 heterocycles. The molecule has 260 valence electrons. The molecule has 0 aromatic carbocycles. The first-order valence-electron chi connectivity index (χ1n) is 17.7. The van der Waals surface area contributed by atoms with Crippen LogP contribution in [-0.2, 0) is 15.6 Å². The van der Waals surface area contributed by atoms with Crippen LogP contribution in [0.25, 0.3) is 0 Å². The van der Waals surface area contributed by atoms with E-state index in [1.165, 1.54) is 6.08 Å². The van der Waals surface area contributed by atoms with E-state index in [0.29, 0.717) is 44.6 Å². The Labute approximate surface area is 275 Å². The highest BCUT2D eigenvalue weighted by Crippen LogP contribution is 2.42. The number of nitrogens with one attached hydrogen (secondary N) is 4. The van der Waals surface area contributed by atoms with Crippen molar-refractivity contribution in [3.05, 3.63) is 12.7 Å². The minimum Gasteiger partial charge on any atom is -0.334 e. The molecule has 4 N–H and O–H groups in total. The molecule has 2 bridgehead atoms. The van der Waals surface area contributed by atoms with Crippen LogP contribution in [0.2, 0.25) is 0 Å². The molecular formula is C33H55F2N7O3S. The van der Waals surface area contributed by atoms with Crippen LogP contribution in [0, 0.1) is 17.8 Å². The van der Waals surface area contributed by atoms with Gasteiger partial charge in [0.15, 0.2) is 0 Å². The fourth-order valence-corrected chi connectivity index (χ4v) is 11.4. The number of piperidine rings is 2. The summed E-state index contributed by atoms with van der Waals surface area (Å²) in [5.74, 6) is -0.363. The topological polar surface area (TPSA) is 109 Å². The van der Waals surface area contributed by atoms with Crippen LogP contribution in [0.1, 0.15) is 66.2 Å². The van der Waals surface area contributed by atoms with E-state index in [1.807, 2.05) is 18.7 Å². The number of hydrogen-bond donors (Lipinski definition) is 4. The number of fused-ring (bicyclic) bond motifs is 5. The van der Waals surface area contributed by atoms with Gasteiger partial charge >= 0.3 is 6.03 Å². The predicted molar refractivity (Wildman–Crippen MR) is 176 cm³/mol. The standard InChI is InChI=1S/C33H55F2N7O3S/c1-6-26(43)40-16-20(5)41(17-19(40)4)31-21-15-23(35)29-27-22(34)9-7-10-24(27)36-12-8-14-46(45)25-11-13-37-28(18(2)3)30(25)42(32(21)38-29)33(44)39-31/h6,18-25,27-32,36-38H,1,7-17H2,2-5H3,(H,39,44)/t19-,20+,21?,22?,23?,24?,25?,27?,28?,29?,30?,31?,32?,46?/m1/s1. The van der Waals surface area contributed by atoms with Gasteiger partial charge in [0, 0.05) is 71.7 Å². The maximum absolute atomic E-state index is 16.7. The van der Waals surface area contributed by atoms with Crippen molar-refractivity contribution in [3.63, 3.8) is 0 Å². The Morgan fingerprint density at radius 1 is 1.02 bits per heavy atom. The zero-order valence-electron chi connectivity index (χ0n) is 27.9. The van der Waals surface area contributed by atoms with Crippen LogP contribution < -0.4 is 21.3 Å². The zero-order chi connectivity index (χ0) is 32.9. The zero-order valence-corrected chi connectivity index (χ0v) is 28.7. The van der Waals surface area contributed by atoms with Crippen LogP contribution in [0.15, 0.2) is 12.7 Å². The van der Waals surface area contributed by atoms with Crippen LogP contribution in [0.3, 0.4) is 0 Å². The minimum absolute atomic E-state index is 0.0929. The first-order chi connectivity index (χ1) is 22.0. The lowest BCUT2D eigenvalue weighted by Gasteiger charge is -2.60. The molecule has 46 heavy (non-hydrogen) atoms. The fourth-order valence-electron chi connectivity index (χ4n) is 9.67. The quantitative estimate of drug-likeness (QED) is 0.342. The number of carbonyl (C=O) groups is 2. The summed E-state index contributed by atoms with van der Waals surface area (Å²) in [6.45, 7) is 14.3. The Kier molecular flexibility index (Phi) is 10.4. The maximum Gasteiger partial charge on any atom is 0.320 e. The van der Waals surface area contributed by atoms with Gasteiger partial charge < -0.3 is 25.8 Å². The van der Waals surface area contributed by atoms with E-state index in [1.54, 1.807) is 4.90 Å². The summed E-state index contributed by atoms with van der Waals surface area (Å²) in [5.41, 5.74) is 0. The summed E-state index contributed by atoms with van der Waals surface area (Å²) >= 11 is 0. The Bertz CT molecular complexity index is 1170. The van der Waals surface area contributed by atoms with Gasteiger partial charge in [0.25, 0.3) is 0 Å². The summed E-state index contributed by atoms with van der Waals surface area (Å²) in [6.07, 6.45) is 1.30. The molecule has 1 saturated carbocycles. The number of carbonyl (C=O) groups excluding carboxylic acids is 2. The molecule has 10 nitrogen and oxygen atoms in total. The second-order valence-corrected chi connectivity index (χ2v) is 16.8. The maximum atomic E-state index is 16.7. The molecule has 0 aromatic heterocycles. The van der Waals surface area contributed by atoms with Gasteiger partial charge in [-0.15, -0.1) is 0 Å². The summed E-state index contributed by atoms with van der Waals surface area (Å²) in [7, 11) is -1.18. The van der Waals surface area contributed by atoms with E-state index in [2.05, 4.69) is 46.6 Å². The van der Waals surface area contributed by atoms with Crippen molar-refractivity contribution in [2.45, 2.75) is 132 Å². The Morgan fingerprint density at radius 2 is 1.80 bits per heavy atom. The van der Waals surface area contributed by atoms with Gasteiger partial charge in [-0.1, -0.05) is 20.4 Å². The van der Waals surface area contributed by atoms with Crippen LogP contribution >= 0.6 is 0 Å². The highest BCUT2D eigenvalue weighted by Gasteiger charge is 2.58. The number of nitrogens with zero attached hydrogens (tertiary/aromatic N) is 3. The lowest BCUT2D eigenvalue weighted by atomic mass is 9.72. The molecule has 5 aliphatic heterocycles. The first kappa shape index (κ1) is 34.2. The second-order valence-electron chi connectivity index (χ2n) is 15.0. The normalized spacial score (nSPS) is 45.8. The lowest BCUT2D eigenvalue weighted by Crippen LogP contribution is -2.81. The monoisotopic (exact) mass is 667 g/mol. The van der Waals surface area contributed by atoms with Crippen molar-refractivity contribution in [2.75, 3.05) is 31.9 Å². The fraction of sp³-hybridized carbons (Fsp3) is 0.879. The summed E-state index contributed by atoms with van der Waals surface area (Å²) in [5, 5.41) is 13.9. The molecule has 0 aromatic rings. The number of rotatable bonds is 3. The molecule has 0 spiro atoms. The Morgan fingerprint density at radius 3 is 2.54 bits per heavy atom. The average molecular weight is 668 g/mol. The molecule has 6 fully saturated rings. The molecule has 3 amide bonds. The van der Waals surface area contributed by atoms with E-state index in [0.717, 1.165) is 19.4 Å². The number of amides is 3. The van der Waals surface area contributed by atoms with E-state index >= 15 is 8.78 Å². The third kappa shape index (κ3) is 6.28.